The SMILES string of the molecule is CCOc1ccccc1C(=O)Nc1cc(Cl)ccc1Cl. The number of carbonyl (C=O) groups excluding carboxylic acids is 1. The average Bonchev–Trinajstić information content (AvgIpc) is 2.44. The minimum Gasteiger partial charge on any atom is -0.493 e. The first kappa shape index (κ1) is 14.7. The smallest absolute Gasteiger partial charge is 0.259 e. The van der Waals surface area contributed by atoms with Crippen LogP contribution >= 0.6 is 23.2 Å². The van der Waals surface area contributed by atoms with Gasteiger partial charge < -0.3 is 10.1 Å². The van der Waals surface area contributed by atoms with Crippen LogP contribution in [0.2, 0.25) is 10.0 Å². The maximum Gasteiger partial charge on any atom is 0.259 e. The summed E-state index contributed by atoms with van der Waals surface area (Å²) in [5, 5.41) is 3.66. The zero-order valence-corrected chi connectivity index (χ0v) is 12.3. The van der Waals surface area contributed by atoms with Crippen LogP contribution in [0.3, 0.4) is 0 Å². The Bertz CT molecular complexity index is 629. The Morgan fingerprint density at radius 2 is 1.95 bits per heavy atom. The Labute approximate surface area is 127 Å². The highest BCUT2D eigenvalue weighted by Gasteiger charge is 2.13. The van der Waals surface area contributed by atoms with E-state index in [-0.39, 0.29) is 5.91 Å². The molecule has 0 bridgehead atoms. The monoisotopic (exact) mass is 309 g/mol. The Morgan fingerprint density at radius 1 is 1.20 bits per heavy atom. The predicted molar refractivity (Wildman–Crippen MR) is 82.0 cm³/mol. The number of rotatable bonds is 4. The van der Waals surface area contributed by atoms with Gasteiger partial charge in [0.2, 0.25) is 0 Å². The molecule has 0 aliphatic rings. The van der Waals surface area contributed by atoms with Crippen LogP contribution in [-0.4, -0.2) is 12.5 Å². The molecule has 0 unspecified atom stereocenters. The second-order valence-corrected chi connectivity index (χ2v) is 4.85. The summed E-state index contributed by atoms with van der Waals surface area (Å²) in [7, 11) is 0. The van der Waals surface area contributed by atoms with E-state index in [1.54, 1.807) is 36.4 Å². The van der Waals surface area contributed by atoms with Gasteiger partial charge in [-0.05, 0) is 37.3 Å². The van der Waals surface area contributed by atoms with Crippen LogP contribution in [0.1, 0.15) is 17.3 Å². The molecule has 0 aliphatic carbocycles. The average molecular weight is 310 g/mol. The highest BCUT2D eigenvalue weighted by molar-refractivity contribution is 6.35. The number of hydrogen-bond acceptors (Lipinski definition) is 2. The summed E-state index contributed by atoms with van der Waals surface area (Å²) < 4.78 is 5.43. The standard InChI is InChI=1S/C15H13Cl2NO2/c1-2-20-14-6-4-3-5-11(14)15(19)18-13-9-10(16)7-8-12(13)17/h3-9H,2H2,1H3,(H,18,19). The molecule has 1 amide bonds. The molecule has 0 radical (unpaired) electrons. The second-order valence-electron chi connectivity index (χ2n) is 4.01. The zero-order chi connectivity index (χ0) is 14.5. The fraction of sp³-hybridized carbons (Fsp3) is 0.133. The van der Waals surface area contributed by atoms with Crippen LogP contribution in [-0.2, 0) is 0 Å². The number of para-hydroxylation sites is 1. The van der Waals surface area contributed by atoms with Crippen molar-refractivity contribution in [2.75, 3.05) is 11.9 Å². The maximum atomic E-state index is 12.3. The molecule has 1 N–H and O–H groups in total. The van der Waals surface area contributed by atoms with E-state index in [1.165, 1.54) is 0 Å². The summed E-state index contributed by atoms with van der Waals surface area (Å²) in [6.45, 7) is 2.35. The number of carbonyl (C=O) groups is 1. The molecule has 0 atom stereocenters. The van der Waals surface area contributed by atoms with E-state index in [2.05, 4.69) is 5.32 Å². The van der Waals surface area contributed by atoms with Gasteiger partial charge >= 0.3 is 0 Å². The number of nitrogens with one attached hydrogen (secondary N) is 1. The molecule has 0 saturated heterocycles. The van der Waals surface area contributed by atoms with Crippen LogP contribution < -0.4 is 10.1 Å². The molecule has 2 aromatic rings. The van der Waals surface area contributed by atoms with Crippen LogP contribution in [0.4, 0.5) is 5.69 Å². The van der Waals surface area contributed by atoms with Crippen LogP contribution in [0.25, 0.3) is 0 Å². The summed E-state index contributed by atoms with van der Waals surface area (Å²) in [5.41, 5.74) is 0.917. The second kappa shape index (κ2) is 6.64. The molecule has 20 heavy (non-hydrogen) atoms. The van der Waals surface area contributed by atoms with E-state index in [1.807, 2.05) is 13.0 Å². The van der Waals surface area contributed by atoms with E-state index in [0.29, 0.717) is 33.7 Å². The maximum absolute atomic E-state index is 12.3. The fourth-order valence-electron chi connectivity index (χ4n) is 1.72. The van der Waals surface area contributed by atoms with Gasteiger partial charge in [0.1, 0.15) is 5.75 Å². The Kier molecular flexibility index (Phi) is 4.88. The Balaban J connectivity index is 2.26. The van der Waals surface area contributed by atoms with Crippen LogP contribution in [0, 0.1) is 0 Å². The van der Waals surface area contributed by atoms with Gasteiger partial charge in [-0.25, -0.2) is 0 Å². The molecule has 0 spiro atoms. The first-order valence-electron chi connectivity index (χ1n) is 6.10. The first-order valence-corrected chi connectivity index (χ1v) is 6.85. The summed E-state index contributed by atoms with van der Waals surface area (Å²) in [4.78, 5) is 12.3. The van der Waals surface area contributed by atoms with E-state index in [4.69, 9.17) is 27.9 Å². The molecule has 2 aromatic carbocycles. The normalized spacial score (nSPS) is 10.2. The zero-order valence-electron chi connectivity index (χ0n) is 10.8. The molecule has 0 aromatic heterocycles. The van der Waals surface area contributed by atoms with E-state index in [9.17, 15) is 4.79 Å². The third kappa shape index (κ3) is 3.44. The molecule has 104 valence electrons. The van der Waals surface area contributed by atoms with Crippen LogP contribution in [0.15, 0.2) is 42.5 Å². The molecular weight excluding hydrogens is 297 g/mol. The topological polar surface area (TPSA) is 38.3 Å². The summed E-state index contributed by atoms with van der Waals surface area (Å²) in [5.74, 6) is 0.240. The summed E-state index contributed by atoms with van der Waals surface area (Å²) in [6, 6.07) is 11.9. The lowest BCUT2D eigenvalue weighted by Gasteiger charge is -2.11. The van der Waals surface area contributed by atoms with Crippen molar-refractivity contribution in [1.82, 2.24) is 0 Å². The quantitative estimate of drug-likeness (QED) is 0.893. The summed E-state index contributed by atoms with van der Waals surface area (Å²) >= 11 is 11.9. The highest BCUT2D eigenvalue weighted by Crippen LogP contribution is 2.27. The van der Waals surface area contributed by atoms with Crippen molar-refractivity contribution in [3.8, 4) is 5.75 Å². The van der Waals surface area contributed by atoms with Gasteiger partial charge in [-0.2, -0.15) is 0 Å². The molecule has 2 rings (SSSR count). The number of hydrogen-bond donors (Lipinski definition) is 1. The van der Waals surface area contributed by atoms with Crippen molar-refractivity contribution in [2.45, 2.75) is 6.92 Å². The lowest BCUT2D eigenvalue weighted by molar-refractivity contribution is 0.102. The van der Waals surface area contributed by atoms with E-state index < -0.39 is 0 Å². The lowest BCUT2D eigenvalue weighted by atomic mass is 10.2. The van der Waals surface area contributed by atoms with Crippen molar-refractivity contribution >= 4 is 34.8 Å². The van der Waals surface area contributed by atoms with Gasteiger partial charge in [-0.3, -0.25) is 4.79 Å². The molecule has 3 nitrogen and oxygen atoms in total. The number of anilines is 1. The number of amides is 1. The molecular formula is C15H13Cl2NO2. The van der Waals surface area contributed by atoms with Crippen molar-refractivity contribution in [2.24, 2.45) is 0 Å². The predicted octanol–water partition coefficient (Wildman–Crippen LogP) is 4.64. The van der Waals surface area contributed by atoms with Gasteiger partial charge in [0, 0.05) is 5.02 Å². The lowest BCUT2D eigenvalue weighted by Crippen LogP contribution is -2.14. The van der Waals surface area contributed by atoms with Gasteiger partial charge in [0.15, 0.2) is 0 Å². The van der Waals surface area contributed by atoms with Gasteiger partial charge in [0.05, 0.1) is 22.9 Å². The van der Waals surface area contributed by atoms with Crippen molar-refractivity contribution < 1.29 is 9.53 Å². The largest absolute Gasteiger partial charge is 0.493 e. The molecule has 0 fully saturated rings. The number of ether oxygens (including phenoxy) is 1. The number of halogens is 2. The van der Waals surface area contributed by atoms with E-state index >= 15 is 0 Å². The summed E-state index contributed by atoms with van der Waals surface area (Å²) in [6.07, 6.45) is 0. The first-order chi connectivity index (χ1) is 9.61. The molecule has 0 heterocycles. The van der Waals surface area contributed by atoms with Gasteiger partial charge in [-0.15, -0.1) is 0 Å². The van der Waals surface area contributed by atoms with Crippen molar-refractivity contribution in [3.63, 3.8) is 0 Å². The molecule has 0 aliphatic heterocycles. The highest BCUT2D eigenvalue weighted by atomic mass is 35.5. The molecule has 5 heteroatoms. The third-order valence-electron chi connectivity index (χ3n) is 2.61. The van der Waals surface area contributed by atoms with Crippen molar-refractivity contribution in [3.05, 3.63) is 58.1 Å². The van der Waals surface area contributed by atoms with Crippen molar-refractivity contribution in [1.29, 1.82) is 0 Å². The number of benzene rings is 2. The third-order valence-corrected chi connectivity index (χ3v) is 3.17. The van der Waals surface area contributed by atoms with Crippen LogP contribution in [0.5, 0.6) is 5.75 Å². The Hall–Kier alpha value is -1.71. The fourth-order valence-corrected chi connectivity index (χ4v) is 2.06. The minimum atomic E-state index is -0.293. The van der Waals surface area contributed by atoms with Gasteiger partial charge in [-0.1, -0.05) is 35.3 Å². The Morgan fingerprint density at radius 3 is 2.70 bits per heavy atom. The van der Waals surface area contributed by atoms with Gasteiger partial charge in [0.25, 0.3) is 5.91 Å². The minimum absolute atomic E-state index is 0.293. The van der Waals surface area contributed by atoms with E-state index in [0.717, 1.165) is 0 Å². The molecule has 0 saturated carbocycles.